The fraction of sp³-hybridized carbons (Fsp3) is 0.0980. The fourth-order valence-electron chi connectivity index (χ4n) is 9.13. The Kier molecular flexibility index (Phi) is 6.93. The van der Waals surface area contributed by atoms with Gasteiger partial charge in [0.1, 0.15) is 11.9 Å². The van der Waals surface area contributed by atoms with Gasteiger partial charge in [-0.1, -0.05) is 135 Å². The van der Waals surface area contributed by atoms with Crippen LogP contribution in [0, 0.1) is 0 Å². The smallest absolute Gasteiger partial charge is 0.128 e. The van der Waals surface area contributed by atoms with Crippen LogP contribution in [0.5, 0.6) is 5.75 Å². The molecule has 0 amide bonds. The molecule has 0 fully saturated rings. The average molecular weight is 712 g/mol. The first-order valence-electron chi connectivity index (χ1n) is 18.8. The Balaban J connectivity index is 1.10. The number of allylic oxidation sites excluding steroid dienone is 2. The molecule has 2 nitrogen and oxygen atoms in total. The van der Waals surface area contributed by atoms with Gasteiger partial charge in [-0.05, 0) is 93.6 Å². The summed E-state index contributed by atoms with van der Waals surface area (Å²) >= 11 is 1.89. The van der Waals surface area contributed by atoms with Crippen LogP contribution >= 0.6 is 11.3 Å². The van der Waals surface area contributed by atoms with E-state index >= 15 is 0 Å². The van der Waals surface area contributed by atoms with Crippen LogP contribution in [0.1, 0.15) is 36.5 Å². The number of hydrogen-bond acceptors (Lipinski definition) is 3. The van der Waals surface area contributed by atoms with Gasteiger partial charge in [0.2, 0.25) is 0 Å². The molecule has 0 spiro atoms. The predicted molar refractivity (Wildman–Crippen MR) is 228 cm³/mol. The number of rotatable bonds is 5. The first-order chi connectivity index (χ1) is 26.5. The third kappa shape index (κ3) is 4.71. The van der Waals surface area contributed by atoms with E-state index in [4.69, 9.17) is 4.74 Å². The summed E-state index contributed by atoms with van der Waals surface area (Å²) < 4.78 is 8.88. The molecule has 2 atom stereocenters. The highest BCUT2D eigenvalue weighted by molar-refractivity contribution is 7.26. The summed E-state index contributed by atoms with van der Waals surface area (Å²) in [4.78, 5) is 2.48. The van der Waals surface area contributed by atoms with Crippen LogP contribution in [0.2, 0.25) is 0 Å². The van der Waals surface area contributed by atoms with Crippen molar-refractivity contribution in [2.75, 3.05) is 4.90 Å². The van der Waals surface area contributed by atoms with Crippen molar-refractivity contribution in [3.05, 3.63) is 193 Å². The van der Waals surface area contributed by atoms with E-state index in [9.17, 15) is 0 Å². The van der Waals surface area contributed by atoms with E-state index < -0.39 is 0 Å². The minimum absolute atomic E-state index is 0.0818. The molecule has 1 aliphatic heterocycles. The van der Waals surface area contributed by atoms with Crippen molar-refractivity contribution in [1.82, 2.24) is 0 Å². The number of fused-ring (bicyclic) bond motifs is 9. The third-order valence-corrected chi connectivity index (χ3v) is 13.0. The number of hydrogen-bond donors (Lipinski definition) is 0. The zero-order chi connectivity index (χ0) is 36.0. The Labute approximate surface area is 319 Å². The van der Waals surface area contributed by atoms with Crippen LogP contribution < -0.4 is 9.64 Å². The van der Waals surface area contributed by atoms with Gasteiger partial charge in [-0.2, -0.15) is 0 Å². The Morgan fingerprint density at radius 1 is 0.574 bits per heavy atom. The topological polar surface area (TPSA) is 12.5 Å². The van der Waals surface area contributed by atoms with Gasteiger partial charge in [-0.15, -0.1) is 11.3 Å². The summed E-state index contributed by atoms with van der Waals surface area (Å²) in [5.74, 6) is 1.25. The third-order valence-electron chi connectivity index (χ3n) is 11.8. The molecule has 3 aliphatic rings. The van der Waals surface area contributed by atoms with Crippen molar-refractivity contribution in [2.45, 2.75) is 31.3 Å². The van der Waals surface area contributed by atoms with Crippen LogP contribution in [-0.4, -0.2) is 6.10 Å². The van der Waals surface area contributed by atoms with Crippen LogP contribution in [0.3, 0.4) is 0 Å². The molecule has 2 heterocycles. The van der Waals surface area contributed by atoms with Gasteiger partial charge in [0, 0.05) is 54.0 Å². The predicted octanol–water partition coefficient (Wildman–Crippen LogP) is 14.1. The zero-order valence-corrected chi connectivity index (χ0v) is 31.0. The first-order valence-corrected chi connectivity index (χ1v) is 19.6. The second-order valence-corrected chi connectivity index (χ2v) is 16.3. The van der Waals surface area contributed by atoms with Gasteiger partial charge < -0.3 is 9.64 Å². The zero-order valence-electron chi connectivity index (χ0n) is 30.2. The van der Waals surface area contributed by atoms with Crippen LogP contribution in [0.4, 0.5) is 17.1 Å². The Hall–Kier alpha value is -6.16. The first kappa shape index (κ1) is 31.4. The lowest BCUT2D eigenvalue weighted by Crippen LogP contribution is -2.17. The Morgan fingerprint density at radius 3 is 2.20 bits per heavy atom. The summed E-state index contributed by atoms with van der Waals surface area (Å²) in [5.41, 5.74) is 14.8. The molecule has 0 radical (unpaired) electrons. The molecule has 0 N–H and O–H groups in total. The quantitative estimate of drug-likeness (QED) is 0.176. The largest absolute Gasteiger partial charge is 0.485 e. The number of anilines is 3. The van der Waals surface area contributed by atoms with Gasteiger partial charge in [0.15, 0.2) is 0 Å². The van der Waals surface area contributed by atoms with Gasteiger partial charge in [-0.25, -0.2) is 0 Å². The van der Waals surface area contributed by atoms with E-state index in [-0.39, 0.29) is 17.4 Å². The maximum Gasteiger partial charge on any atom is 0.128 e. The molecule has 7 aromatic carbocycles. The van der Waals surface area contributed by atoms with Crippen LogP contribution in [0.25, 0.3) is 53.6 Å². The Morgan fingerprint density at radius 2 is 1.31 bits per heavy atom. The van der Waals surface area contributed by atoms with Crippen molar-refractivity contribution < 1.29 is 4.74 Å². The summed E-state index contributed by atoms with van der Waals surface area (Å²) in [7, 11) is 0. The lowest BCUT2D eigenvalue weighted by atomic mass is 9.82. The molecule has 54 heavy (non-hydrogen) atoms. The number of nitrogens with zero attached hydrogens (tertiary/aromatic N) is 1. The maximum absolute atomic E-state index is 6.27. The fourth-order valence-corrected chi connectivity index (χ4v) is 10.4. The minimum Gasteiger partial charge on any atom is -0.485 e. The highest BCUT2D eigenvalue weighted by atomic mass is 32.1. The average Bonchev–Trinajstić information content (AvgIpc) is 3.86. The molecule has 3 heteroatoms. The highest BCUT2D eigenvalue weighted by Crippen LogP contribution is 2.53. The summed E-state index contributed by atoms with van der Waals surface area (Å²) in [5, 5.41) is 2.60. The van der Waals surface area contributed by atoms with E-state index in [1.807, 2.05) is 11.3 Å². The molecule has 2 unspecified atom stereocenters. The number of benzene rings is 7. The number of thiophene rings is 1. The van der Waals surface area contributed by atoms with Crippen molar-refractivity contribution in [2.24, 2.45) is 0 Å². The molecule has 0 saturated carbocycles. The monoisotopic (exact) mass is 711 g/mol. The normalized spacial score (nSPS) is 17.2. The van der Waals surface area contributed by atoms with Gasteiger partial charge in [0.05, 0.1) is 5.69 Å². The molecule has 11 rings (SSSR count). The standard InChI is InChI=1S/C51H37NOS/c1-51(2)43-17-9-6-14-37(43)38-26-25-36(31-44(38)51)52(35-23-20-32(21-24-35)34-22-29-47-42(30-34)39-15-7-10-18-46(39)53-47)45-28-27-41-40-16-8-11-19-48(40)54-50(41)49(45)33-12-4-3-5-13-33/h3-31,39,46H,1-2H3. The summed E-state index contributed by atoms with van der Waals surface area (Å²) in [6, 6.07) is 56.2. The molecule has 0 saturated heterocycles. The van der Waals surface area contributed by atoms with Crippen molar-refractivity contribution in [1.29, 1.82) is 0 Å². The van der Waals surface area contributed by atoms with Gasteiger partial charge in [-0.3, -0.25) is 0 Å². The van der Waals surface area contributed by atoms with E-state index in [1.165, 1.54) is 75.9 Å². The Bertz CT molecular complexity index is 2840. The SMILES string of the molecule is CC1(C)c2ccccc2-c2ccc(N(c3ccc(-c4ccc5c(c4)C4C=CC=CC4O5)cc3)c3ccc4c(sc5ccccc54)c3-c3ccccc3)cc21. The second kappa shape index (κ2) is 11.9. The van der Waals surface area contributed by atoms with E-state index in [1.54, 1.807) is 0 Å². The lowest BCUT2D eigenvalue weighted by molar-refractivity contribution is 0.269. The van der Waals surface area contributed by atoms with E-state index in [0.717, 1.165) is 17.1 Å². The molecule has 0 bridgehead atoms. The van der Waals surface area contributed by atoms with E-state index in [0.29, 0.717) is 0 Å². The minimum atomic E-state index is -0.116. The van der Waals surface area contributed by atoms with Crippen molar-refractivity contribution in [3.63, 3.8) is 0 Å². The highest BCUT2D eigenvalue weighted by Gasteiger charge is 2.36. The summed E-state index contributed by atoms with van der Waals surface area (Å²) in [6.07, 6.45) is 8.72. The van der Waals surface area contributed by atoms with Crippen LogP contribution in [0.15, 0.2) is 176 Å². The molecule has 8 aromatic rings. The maximum atomic E-state index is 6.27. The number of ether oxygens (including phenoxy) is 1. The molecule has 258 valence electrons. The van der Waals surface area contributed by atoms with Gasteiger partial charge >= 0.3 is 0 Å². The molecule has 2 aliphatic carbocycles. The van der Waals surface area contributed by atoms with Crippen molar-refractivity contribution >= 4 is 48.6 Å². The van der Waals surface area contributed by atoms with Gasteiger partial charge in [0.25, 0.3) is 0 Å². The lowest BCUT2D eigenvalue weighted by Gasteiger charge is -2.30. The van der Waals surface area contributed by atoms with Crippen LogP contribution in [-0.2, 0) is 5.41 Å². The molecular formula is C51H37NOS. The van der Waals surface area contributed by atoms with Crippen molar-refractivity contribution in [3.8, 4) is 39.1 Å². The molecule has 1 aromatic heterocycles. The summed E-state index contributed by atoms with van der Waals surface area (Å²) in [6.45, 7) is 4.73. The van der Waals surface area contributed by atoms with E-state index in [2.05, 4.69) is 195 Å². The molecular weight excluding hydrogens is 675 g/mol. The second-order valence-electron chi connectivity index (χ2n) is 15.2.